The average molecular weight is 320 g/mol. The number of rotatable bonds is 3. The zero-order valence-corrected chi connectivity index (χ0v) is 13.8. The SMILES string of the molecule is Cc1ccc(-c2noc(-c3cccnc3N3CCCCC3)n2)cc1. The first kappa shape index (κ1) is 14.9. The lowest BCUT2D eigenvalue weighted by atomic mass is 10.1. The Kier molecular flexibility index (Phi) is 3.99. The first-order valence-corrected chi connectivity index (χ1v) is 8.42. The highest BCUT2D eigenvalue weighted by atomic mass is 16.5. The molecule has 0 spiro atoms. The zero-order chi connectivity index (χ0) is 16.4. The Morgan fingerprint density at radius 1 is 1.00 bits per heavy atom. The van der Waals surface area contributed by atoms with Gasteiger partial charge >= 0.3 is 0 Å². The van der Waals surface area contributed by atoms with E-state index in [9.17, 15) is 0 Å². The van der Waals surface area contributed by atoms with Crippen LogP contribution >= 0.6 is 0 Å². The van der Waals surface area contributed by atoms with Crippen LogP contribution in [0, 0.1) is 6.92 Å². The normalized spacial score (nSPS) is 14.8. The van der Waals surface area contributed by atoms with Crippen LogP contribution in [0.1, 0.15) is 24.8 Å². The number of hydrogen-bond acceptors (Lipinski definition) is 5. The second-order valence-corrected chi connectivity index (χ2v) is 6.21. The molecule has 1 aliphatic heterocycles. The molecule has 2 aromatic heterocycles. The Hall–Kier alpha value is -2.69. The molecule has 1 saturated heterocycles. The van der Waals surface area contributed by atoms with Crippen LogP contribution in [0.4, 0.5) is 5.82 Å². The standard InChI is InChI=1S/C19H20N4O/c1-14-7-9-15(10-8-14)17-21-19(24-22-17)16-6-5-11-20-18(16)23-12-3-2-4-13-23/h5-11H,2-4,12-13H2,1H3. The highest BCUT2D eigenvalue weighted by Gasteiger charge is 2.20. The summed E-state index contributed by atoms with van der Waals surface area (Å²) < 4.78 is 5.54. The van der Waals surface area contributed by atoms with Gasteiger partial charge in [0.05, 0.1) is 5.56 Å². The van der Waals surface area contributed by atoms with E-state index in [0.29, 0.717) is 11.7 Å². The van der Waals surface area contributed by atoms with Crippen LogP contribution in [0.15, 0.2) is 47.1 Å². The Labute approximate surface area is 141 Å². The predicted molar refractivity (Wildman–Crippen MR) is 93.8 cm³/mol. The fraction of sp³-hybridized carbons (Fsp3) is 0.316. The van der Waals surface area contributed by atoms with Crippen LogP contribution in [-0.4, -0.2) is 28.2 Å². The van der Waals surface area contributed by atoms with Gasteiger partial charge in [-0.05, 0) is 38.3 Å². The van der Waals surface area contributed by atoms with Crippen molar-refractivity contribution in [1.29, 1.82) is 0 Å². The number of aryl methyl sites for hydroxylation is 1. The topological polar surface area (TPSA) is 55.1 Å². The molecule has 5 nitrogen and oxygen atoms in total. The molecule has 4 rings (SSSR count). The fourth-order valence-electron chi connectivity index (χ4n) is 3.07. The molecule has 122 valence electrons. The van der Waals surface area contributed by atoms with Gasteiger partial charge in [0, 0.05) is 24.8 Å². The van der Waals surface area contributed by atoms with Crippen LogP contribution in [0.5, 0.6) is 0 Å². The summed E-state index contributed by atoms with van der Waals surface area (Å²) in [6.45, 7) is 4.12. The number of anilines is 1. The van der Waals surface area contributed by atoms with Gasteiger partial charge in [-0.3, -0.25) is 0 Å². The Morgan fingerprint density at radius 2 is 1.79 bits per heavy atom. The maximum Gasteiger partial charge on any atom is 0.261 e. The van der Waals surface area contributed by atoms with Crippen molar-refractivity contribution in [2.75, 3.05) is 18.0 Å². The minimum Gasteiger partial charge on any atom is -0.356 e. The lowest BCUT2D eigenvalue weighted by Crippen LogP contribution is -2.30. The molecule has 1 aromatic carbocycles. The molecular weight excluding hydrogens is 300 g/mol. The molecule has 3 aromatic rings. The van der Waals surface area contributed by atoms with Gasteiger partial charge in [-0.1, -0.05) is 35.0 Å². The van der Waals surface area contributed by atoms with E-state index in [2.05, 4.69) is 39.1 Å². The zero-order valence-electron chi connectivity index (χ0n) is 13.8. The number of piperidine rings is 1. The lowest BCUT2D eigenvalue weighted by Gasteiger charge is -2.28. The second kappa shape index (κ2) is 6.43. The number of pyridine rings is 1. The Balaban J connectivity index is 1.68. The van der Waals surface area contributed by atoms with E-state index in [0.717, 1.165) is 30.0 Å². The maximum absolute atomic E-state index is 5.54. The summed E-state index contributed by atoms with van der Waals surface area (Å²) in [5.41, 5.74) is 3.08. The second-order valence-electron chi connectivity index (χ2n) is 6.21. The third-order valence-corrected chi connectivity index (χ3v) is 4.41. The van der Waals surface area contributed by atoms with Crippen molar-refractivity contribution in [2.45, 2.75) is 26.2 Å². The molecule has 1 aliphatic rings. The number of nitrogens with zero attached hydrogens (tertiary/aromatic N) is 4. The van der Waals surface area contributed by atoms with Crippen molar-refractivity contribution in [3.8, 4) is 22.8 Å². The van der Waals surface area contributed by atoms with Crippen molar-refractivity contribution in [2.24, 2.45) is 0 Å². The summed E-state index contributed by atoms with van der Waals surface area (Å²) in [5.74, 6) is 2.08. The summed E-state index contributed by atoms with van der Waals surface area (Å²) in [5, 5.41) is 4.15. The van der Waals surface area contributed by atoms with Gasteiger partial charge in [0.1, 0.15) is 5.82 Å². The largest absolute Gasteiger partial charge is 0.356 e. The van der Waals surface area contributed by atoms with Gasteiger partial charge in [-0.25, -0.2) is 4.98 Å². The quantitative estimate of drug-likeness (QED) is 0.727. The van der Waals surface area contributed by atoms with E-state index >= 15 is 0 Å². The van der Waals surface area contributed by atoms with E-state index in [1.807, 2.05) is 30.5 Å². The molecule has 0 unspecified atom stereocenters. The Morgan fingerprint density at radius 3 is 2.58 bits per heavy atom. The third-order valence-electron chi connectivity index (χ3n) is 4.41. The number of hydrogen-bond donors (Lipinski definition) is 0. The molecule has 0 amide bonds. The fourth-order valence-corrected chi connectivity index (χ4v) is 3.07. The van der Waals surface area contributed by atoms with Gasteiger partial charge in [-0.15, -0.1) is 0 Å². The summed E-state index contributed by atoms with van der Waals surface area (Å²) in [4.78, 5) is 11.5. The minimum absolute atomic E-state index is 0.527. The molecule has 1 fully saturated rings. The number of benzene rings is 1. The Bertz CT molecular complexity index is 819. The summed E-state index contributed by atoms with van der Waals surface area (Å²) in [6, 6.07) is 12.0. The molecule has 5 heteroatoms. The van der Waals surface area contributed by atoms with Crippen molar-refractivity contribution >= 4 is 5.82 Å². The van der Waals surface area contributed by atoms with Crippen LogP contribution in [0.3, 0.4) is 0 Å². The summed E-state index contributed by atoms with van der Waals surface area (Å²) in [6.07, 6.45) is 5.52. The van der Waals surface area contributed by atoms with Gasteiger partial charge in [0.25, 0.3) is 5.89 Å². The van der Waals surface area contributed by atoms with Crippen molar-refractivity contribution in [1.82, 2.24) is 15.1 Å². The number of aromatic nitrogens is 3. The van der Waals surface area contributed by atoms with E-state index in [4.69, 9.17) is 4.52 Å². The van der Waals surface area contributed by atoms with Crippen molar-refractivity contribution < 1.29 is 4.52 Å². The molecule has 0 radical (unpaired) electrons. The van der Waals surface area contributed by atoms with E-state index in [1.165, 1.54) is 24.8 Å². The van der Waals surface area contributed by atoms with Gasteiger partial charge < -0.3 is 9.42 Å². The van der Waals surface area contributed by atoms with E-state index in [1.54, 1.807) is 0 Å². The lowest BCUT2D eigenvalue weighted by molar-refractivity contribution is 0.432. The monoisotopic (exact) mass is 320 g/mol. The van der Waals surface area contributed by atoms with E-state index < -0.39 is 0 Å². The van der Waals surface area contributed by atoms with Crippen LogP contribution in [0.25, 0.3) is 22.8 Å². The molecule has 0 bridgehead atoms. The average Bonchev–Trinajstić information content (AvgIpc) is 3.13. The molecule has 0 saturated carbocycles. The summed E-state index contributed by atoms with van der Waals surface area (Å²) in [7, 11) is 0. The van der Waals surface area contributed by atoms with Gasteiger partial charge in [-0.2, -0.15) is 4.98 Å². The smallest absolute Gasteiger partial charge is 0.261 e. The third kappa shape index (κ3) is 2.89. The first-order valence-electron chi connectivity index (χ1n) is 8.42. The predicted octanol–water partition coefficient (Wildman–Crippen LogP) is 4.10. The van der Waals surface area contributed by atoms with Crippen molar-refractivity contribution in [3.63, 3.8) is 0 Å². The summed E-state index contributed by atoms with van der Waals surface area (Å²) >= 11 is 0. The van der Waals surface area contributed by atoms with Gasteiger partial charge in [0.2, 0.25) is 5.82 Å². The van der Waals surface area contributed by atoms with Gasteiger partial charge in [0.15, 0.2) is 0 Å². The highest BCUT2D eigenvalue weighted by Crippen LogP contribution is 2.30. The molecular formula is C19H20N4O. The van der Waals surface area contributed by atoms with Crippen molar-refractivity contribution in [3.05, 3.63) is 48.2 Å². The van der Waals surface area contributed by atoms with E-state index in [-0.39, 0.29) is 0 Å². The first-order chi connectivity index (χ1) is 11.8. The molecule has 0 N–H and O–H groups in total. The maximum atomic E-state index is 5.54. The molecule has 0 atom stereocenters. The van der Waals surface area contributed by atoms with Crippen LogP contribution in [0.2, 0.25) is 0 Å². The molecule has 3 heterocycles. The van der Waals surface area contributed by atoms with Crippen LogP contribution in [-0.2, 0) is 0 Å². The highest BCUT2D eigenvalue weighted by molar-refractivity contribution is 5.71. The molecule has 24 heavy (non-hydrogen) atoms. The van der Waals surface area contributed by atoms with Crippen LogP contribution < -0.4 is 4.90 Å². The minimum atomic E-state index is 0.527. The molecule has 0 aliphatic carbocycles.